The van der Waals surface area contributed by atoms with E-state index in [4.69, 9.17) is 0 Å². The van der Waals surface area contributed by atoms with E-state index in [9.17, 15) is 4.79 Å². The first kappa shape index (κ1) is 12.9. The van der Waals surface area contributed by atoms with Crippen molar-refractivity contribution in [2.45, 2.75) is 39.3 Å². The van der Waals surface area contributed by atoms with E-state index in [0.717, 1.165) is 31.1 Å². The average Bonchev–Trinajstić information content (AvgIpc) is 2.93. The third kappa shape index (κ3) is 2.89. The number of anilines is 1. The molecule has 6 nitrogen and oxygen atoms in total. The maximum absolute atomic E-state index is 12.2. The van der Waals surface area contributed by atoms with Crippen LogP contribution in [-0.2, 0) is 13.1 Å². The van der Waals surface area contributed by atoms with Crippen LogP contribution in [0.5, 0.6) is 0 Å². The van der Waals surface area contributed by atoms with E-state index in [0.29, 0.717) is 5.69 Å². The highest BCUT2D eigenvalue weighted by atomic mass is 16.2. The molecule has 1 saturated carbocycles. The number of nitrogens with zero attached hydrogens (tertiary/aromatic N) is 4. The number of amides is 1. The van der Waals surface area contributed by atoms with Crippen LogP contribution < -0.4 is 5.32 Å². The standard InChI is InChI=1S/C14H19N5O/c1-2-7-19-13(5-6-15-19)14(20)17-12-8-16-18(10-12)9-11-3-4-11/h5-6,8,10-11H,2-4,7,9H2,1H3,(H,17,20). The Kier molecular flexibility index (Phi) is 3.54. The molecule has 2 aromatic rings. The van der Waals surface area contributed by atoms with Gasteiger partial charge in [0.25, 0.3) is 5.91 Å². The molecule has 1 fully saturated rings. The molecule has 0 radical (unpaired) electrons. The van der Waals surface area contributed by atoms with Crippen molar-refractivity contribution in [3.05, 3.63) is 30.4 Å². The molecule has 6 heteroatoms. The van der Waals surface area contributed by atoms with Crippen molar-refractivity contribution in [1.82, 2.24) is 19.6 Å². The minimum absolute atomic E-state index is 0.137. The predicted octanol–water partition coefficient (Wildman–Crippen LogP) is 2.15. The van der Waals surface area contributed by atoms with E-state index in [-0.39, 0.29) is 5.91 Å². The maximum Gasteiger partial charge on any atom is 0.274 e. The molecule has 2 aromatic heterocycles. The number of carbonyl (C=O) groups excluding carboxylic acids is 1. The van der Waals surface area contributed by atoms with Gasteiger partial charge in [-0.25, -0.2) is 0 Å². The Balaban J connectivity index is 1.65. The van der Waals surface area contributed by atoms with Gasteiger partial charge in [-0.05, 0) is 31.2 Å². The normalized spacial score (nSPS) is 14.4. The number of aryl methyl sites for hydroxylation is 1. The summed E-state index contributed by atoms with van der Waals surface area (Å²) in [6.45, 7) is 3.76. The van der Waals surface area contributed by atoms with Crippen LogP contribution in [0.1, 0.15) is 36.7 Å². The molecule has 0 aromatic carbocycles. The second-order valence-corrected chi connectivity index (χ2v) is 5.29. The molecule has 3 rings (SSSR count). The number of hydrogen-bond acceptors (Lipinski definition) is 3. The van der Waals surface area contributed by atoms with Crippen LogP contribution in [0.25, 0.3) is 0 Å². The molecule has 1 aliphatic rings. The lowest BCUT2D eigenvalue weighted by Crippen LogP contribution is -2.17. The average molecular weight is 273 g/mol. The van der Waals surface area contributed by atoms with Crippen LogP contribution >= 0.6 is 0 Å². The van der Waals surface area contributed by atoms with Crippen molar-refractivity contribution < 1.29 is 4.79 Å². The molecule has 0 aliphatic heterocycles. The lowest BCUT2D eigenvalue weighted by atomic mass is 10.3. The summed E-state index contributed by atoms with van der Waals surface area (Å²) in [6, 6.07) is 1.74. The van der Waals surface area contributed by atoms with Crippen LogP contribution in [-0.4, -0.2) is 25.5 Å². The first-order valence-corrected chi connectivity index (χ1v) is 7.12. The Bertz CT molecular complexity index is 596. The summed E-state index contributed by atoms with van der Waals surface area (Å²) in [4.78, 5) is 12.2. The monoisotopic (exact) mass is 273 g/mol. The fourth-order valence-corrected chi connectivity index (χ4v) is 2.20. The second kappa shape index (κ2) is 5.48. The Labute approximate surface area is 117 Å². The minimum atomic E-state index is -0.137. The van der Waals surface area contributed by atoms with E-state index in [1.807, 2.05) is 10.9 Å². The van der Waals surface area contributed by atoms with E-state index in [1.54, 1.807) is 23.1 Å². The Hall–Kier alpha value is -2.11. The van der Waals surface area contributed by atoms with E-state index in [1.165, 1.54) is 12.8 Å². The van der Waals surface area contributed by atoms with Gasteiger partial charge in [-0.15, -0.1) is 0 Å². The van der Waals surface area contributed by atoms with Crippen LogP contribution in [0.4, 0.5) is 5.69 Å². The van der Waals surface area contributed by atoms with Gasteiger partial charge < -0.3 is 5.32 Å². The van der Waals surface area contributed by atoms with Crippen molar-refractivity contribution in [3.8, 4) is 0 Å². The predicted molar refractivity (Wildman–Crippen MR) is 75.4 cm³/mol. The van der Waals surface area contributed by atoms with Gasteiger partial charge in [0.05, 0.1) is 11.9 Å². The van der Waals surface area contributed by atoms with Gasteiger partial charge >= 0.3 is 0 Å². The fourth-order valence-electron chi connectivity index (χ4n) is 2.20. The molecular weight excluding hydrogens is 254 g/mol. The highest BCUT2D eigenvalue weighted by Crippen LogP contribution is 2.30. The van der Waals surface area contributed by atoms with Crippen molar-refractivity contribution in [3.63, 3.8) is 0 Å². The number of aromatic nitrogens is 4. The van der Waals surface area contributed by atoms with Crippen LogP contribution in [0.15, 0.2) is 24.7 Å². The largest absolute Gasteiger partial charge is 0.318 e. The van der Waals surface area contributed by atoms with E-state index in [2.05, 4.69) is 22.4 Å². The smallest absolute Gasteiger partial charge is 0.274 e. The fraction of sp³-hybridized carbons (Fsp3) is 0.500. The molecule has 0 unspecified atom stereocenters. The molecule has 0 atom stereocenters. The van der Waals surface area contributed by atoms with Crippen molar-refractivity contribution >= 4 is 11.6 Å². The molecule has 1 aliphatic carbocycles. The number of carbonyl (C=O) groups is 1. The van der Waals surface area contributed by atoms with Gasteiger partial charge in [0, 0.05) is 25.5 Å². The number of nitrogens with one attached hydrogen (secondary N) is 1. The molecule has 1 N–H and O–H groups in total. The van der Waals surface area contributed by atoms with Crippen LogP contribution in [0.3, 0.4) is 0 Å². The van der Waals surface area contributed by atoms with Gasteiger partial charge in [-0.3, -0.25) is 14.2 Å². The topological polar surface area (TPSA) is 64.7 Å². The third-order valence-corrected chi connectivity index (χ3v) is 3.42. The van der Waals surface area contributed by atoms with Crippen molar-refractivity contribution in [2.75, 3.05) is 5.32 Å². The summed E-state index contributed by atoms with van der Waals surface area (Å²) in [5.41, 5.74) is 1.32. The SMILES string of the molecule is CCCn1nccc1C(=O)Nc1cnn(CC2CC2)c1. The highest BCUT2D eigenvalue weighted by molar-refractivity contribution is 6.02. The lowest BCUT2D eigenvalue weighted by molar-refractivity contribution is 0.101. The first-order chi connectivity index (χ1) is 9.76. The summed E-state index contributed by atoms with van der Waals surface area (Å²) in [7, 11) is 0. The minimum Gasteiger partial charge on any atom is -0.318 e. The Morgan fingerprint density at radius 2 is 2.30 bits per heavy atom. The highest BCUT2D eigenvalue weighted by Gasteiger charge is 2.22. The van der Waals surface area contributed by atoms with Crippen molar-refractivity contribution in [2.24, 2.45) is 5.92 Å². The maximum atomic E-state index is 12.2. The number of rotatable bonds is 6. The summed E-state index contributed by atoms with van der Waals surface area (Å²) >= 11 is 0. The Morgan fingerprint density at radius 1 is 1.45 bits per heavy atom. The summed E-state index contributed by atoms with van der Waals surface area (Å²) in [5, 5.41) is 11.3. The molecule has 0 saturated heterocycles. The molecular formula is C14H19N5O. The molecule has 0 spiro atoms. The summed E-state index contributed by atoms with van der Waals surface area (Å²) in [6.07, 6.45) is 8.76. The van der Waals surface area contributed by atoms with Gasteiger partial charge in [0.1, 0.15) is 5.69 Å². The van der Waals surface area contributed by atoms with Gasteiger partial charge in [0.2, 0.25) is 0 Å². The van der Waals surface area contributed by atoms with E-state index < -0.39 is 0 Å². The zero-order valence-corrected chi connectivity index (χ0v) is 11.6. The summed E-state index contributed by atoms with van der Waals surface area (Å²) < 4.78 is 3.63. The number of hydrogen-bond donors (Lipinski definition) is 1. The zero-order chi connectivity index (χ0) is 13.9. The first-order valence-electron chi connectivity index (χ1n) is 7.12. The second-order valence-electron chi connectivity index (χ2n) is 5.29. The summed E-state index contributed by atoms with van der Waals surface area (Å²) in [5.74, 6) is 0.631. The molecule has 2 heterocycles. The van der Waals surface area contributed by atoms with Gasteiger partial charge in [0.15, 0.2) is 0 Å². The quantitative estimate of drug-likeness (QED) is 0.877. The van der Waals surface area contributed by atoms with E-state index >= 15 is 0 Å². The molecule has 0 bridgehead atoms. The van der Waals surface area contributed by atoms with Crippen LogP contribution in [0.2, 0.25) is 0 Å². The molecule has 106 valence electrons. The molecule has 20 heavy (non-hydrogen) atoms. The lowest BCUT2D eigenvalue weighted by Gasteiger charge is -2.05. The molecule has 1 amide bonds. The van der Waals surface area contributed by atoms with Crippen molar-refractivity contribution in [1.29, 1.82) is 0 Å². The van der Waals surface area contributed by atoms with Gasteiger partial charge in [-0.2, -0.15) is 10.2 Å². The zero-order valence-electron chi connectivity index (χ0n) is 11.6. The third-order valence-electron chi connectivity index (χ3n) is 3.42. The van der Waals surface area contributed by atoms with Gasteiger partial charge in [-0.1, -0.05) is 6.92 Å². The van der Waals surface area contributed by atoms with Crippen LogP contribution in [0, 0.1) is 5.92 Å². The Morgan fingerprint density at radius 3 is 3.05 bits per heavy atom.